The number of hydrogen-bond acceptors (Lipinski definition) is 3. The lowest BCUT2D eigenvalue weighted by Gasteiger charge is -2.17. The monoisotopic (exact) mass is 388 g/mol. The van der Waals surface area contributed by atoms with Crippen molar-refractivity contribution in [3.05, 3.63) is 64.2 Å². The number of rotatable bonds is 3. The molecule has 2 aromatic carbocycles. The van der Waals surface area contributed by atoms with E-state index in [0.29, 0.717) is 22.9 Å². The lowest BCUT2D eigenvalue weighted by Crippen LogP contribution is -2.41. The Bertz CT molecular complexity index is 1020. The predicted molar refractivity (Wildman–Crippen MR) is 101 cm³/mol. The summed E-state index contributed by atoms with van der Waals surface area (Å²) >= 11 is 7.61. The molecule has 0 aliphatic carbocycles. The van der Waals surface area contributed by atoms with E-state index in [1.165, 1.54) is 22.3 Å². The highest BCUT2D eigenvalue weighted by Gasteiger charge is 2.35. The zero-order valence-electron chi connectivity index (χ0n) is 13.5. The first-order valence-electron chi connectivity index (χ1n) is 8.10. The van der Waals surface area contributed by atoms with Crippen LogP contribution in [0, 0.1) is 5.82 Å². The third kappa shape index (κ3) is 2.85. The molecule has 1 atom stereocenters. The molecule has 1 aliphatic heterocycles. The van der Waals surface area contributed by atoms with E-state index in [0.717, 1.165) is 10.1 Å². The van der Waals surface area contributed by atoms with Gasteiger partial charge in [0, 0.05) is 16.6 Å². The summed E-state index contributed by atoms with van der Waals surface area (Å²) in [5, 5.41) is 3.94. The highest BCUT2D eigenvalue weighted by Crippen LogP contribution is 2.35. The van der Waals surface area contributed by atoms with Gasteiger partial charge in [-0.3, -0.25) is 9.59 Å². The Balaban J connectivity index is 1.54. The molecule has 0 saturated carbocycles. The number of nitrogens with one attached hydrogen (secondary N) is 1. The fourth-order valence-corrected chi connectivity index (χ4v) is 4.53. The first kappa shape index (κ1) is 17.0. The van der Waals surface area contributed by atoms with Gasteiger partial charge in [0.25, 0.3) is 5.91 Å². The Morgan fingerprint density at radius 3 is 2.69 bits per heavy atom. The minimum absolute atomic E-state index is 0.231. The van der Waals surface area contributed by atoms with Crippen molar-refractivity contribution >= 4 is 50.5 Å². The third-order valence-electron chi connectivity index (χ3n) is 4.40. The van der Waals surface area contributed by atoms with Crippen LogP contribution in [0.4, 0.5) is 10.1 Å². The van der Waals surface area contributed by atoms with Gasteiger partial charge in [-0.25, -0.2) is 4.39 Å². The molecule has 0 radical (unpaired) electrons. The largest absolute Gasteiger partial charge is 0.339 e. The number of para-hydroxylation sites is 1. The Labute approximate surface area is 158 Å². The van der Waals surface area contributed by atoms with Gasteiger partial charge >= 0.3 is 0 Å². The van der Waals surface area contributed by atoms with Gasteiger partial charge < -0.3 is 10.2 Å². The number of thiophene rings is 1. The zero-order chi connectivity index (χ0) is 18.3. The van der Waals surface area contributed by atoms with Crippen molar-refractivity contribution in [1.82, 2.24) is 5.32 Å². The minimum Gasteiger partial charge on any atom is -0.339 e. The average molecular weight is 389 g/mol. The number of amides is 2. The Hall–Kier alpha value is -2.44. The molecule has 0 bridgehead atoms. The second-order valence-corrected chi connectivity index (χ2v) is 7.43. The molecule has 1 aromatic heterocycles. The molecule has 1 unspecified atom stereocenters. The van der Waals surface area contributed by atoms with Gasteiger partial charge in [0.05, 0.1) is 10.7 Å². The van der Waals surface area contributed by atoms with E-state index in [4.69, 9.17) is 11.6 Å². The lowest BCUT2D eigenvalue weighted by molar-refractivity contribution is -0.118. The molecule has 1 saturated heterocycles. The average Bonchev–Trinajstić information content (AvgIpc) is 3.17. The van der Waals surface area contributed by atoms with Crippen LogP contribution in [-0.4, -0.2) is 24.4 Å². The van der Waals surface area contributed by atoms with E-state index in [1.807, 2.05) is 24.3 Å². The standard InChI is InChI=1S/C19H14ClFN2O2S/c20-16-11-5-1-4-8-15(11)26-17(16)18(24)22-13-9-10-23(19(13)25)14-7-3-2-6-12(14)21/h1-8,13H,9-10H2,(H,22,24). The fourth-order valence-electron chi connectivity index (χ4n) is 3.11. The number of nitrogens with zero attached hydrogens (tertiary/aromatic N) is 1. The van der Waals surface area contributed by atoms with Crippen molar-refractivity contribution in [3.8, 4) is 0 Å². The van der Waals surface area contributed by atoms with Crippen molar-refractivity contribution < 1.29 is 14.0 Å². The highest BCUT2D eigenvalue weighted by molar-refractivity contribution is 7.21. The summed E-state index contributed by atoms with van der Waals surface area (Å²) in [6.45, 7) is 0.352. The number of carbonyl (C=O) groups is 2. The second-order valence-electron chi connectivity index (χ2n) is 6.00. The molecule has 1 fully saturated rings. The maximum Gasteiger partial charge on any atom is 0.263 e. The number of fused-ring (bicyclic) bond motifs is 1. The van der Waals surface area contributed by atoms with E-state index < -0.39 is 11.9 Å². The summed E-state index contributed by atoms with van der Waals surface area (Å²) in [4.78, 5) is 27.0. The molecule has 4 rings (SSSR count). The van der Waals surface area contributed by atoms with Crippen molar-refractivity contribution in [3.63, 3.8) is 0 Å². The van der Waals surface area contributed by atoms with Crippen LogP contribution < -0.4 is 10.2 Å². The summed E-state index contributed by atoms with van der Waals surface area (Å²) < 4.78 is 14.9. The molecule has 26 heavy (non-hydrogen) atoms. The molecule has 2 heterocycles. The first-order valence-corrected chi connectivity index (χ1v) is 9.29. The van der Waals surface area contributed by atoms with E-state index in [2.05, 4.69) is 5.32 Å². The van der Waals surface area contributed by atoms with Gasteiger partial charge in [-0.1, -0.05) is 41.9 Å². The molecule has 3 aromatic rings. The van der Waals surface area contributed by atoms with E-state index in [-0.39, 0.29) is 17.5 Å². The van der Waals surface area contributed by atoms with Gasteiger partial charge in [0.15, 0.2) is 0 Å². The predicted octanol–water partition coefficient (Wildman–Crippen LogP) is 4.23. The highest BCUT2D eigenvalue weighted by atomic mass is 35.5. The number of carbonyl (C=O) groups excluding carboxylic acids is 2. The van der Waals surface area contributed by atoms with Gasteiger partial charge in [-0.15, -0.1) is 11.3 Å². The quantitative estimate of drug-likeness (QED) is 0.730. The van der Waals surface area contributed by atoms with Crippen molar-refractivity contribution in [2.24, 2.45) is 0 Å². The fraction of sp³-hybridized carbons (Fsp3) is 0.158. The van der Waals surface area contributed by atoms with Crippen LogP contribution in [-0.2, 0) is 4.79 Å². The molecule has 2 amide bonds. The molecule has 132 valence electrons. The van der Waals surface area contributed by atoms with Crippen LogP contribution in [0.5, 0.6) is 0 Å². The Kier molecular flexibility index (Phi) is 4.38. The zero-order valence-corrected chi connectivity index (χ0v) is 15.1. The number of halogens is 2. The third-order valence-corrected chi connectivity index (χ3v) is 6.07. The topological polar surface area (TPSA) is 49.4 Å². The molecule has 4 nitrogen and oxygen atoms in total. The van der Waals surface area contributed by atoms with Crippen molar-refractivity contribution in [1.29, 1.82) is 0 Å². The van der Waals surface area contributed by atoms with Crippen LogP contribution in [0.2, 0.25) is 5.02 Å². The summed E-state index contributed by atoms with van der Waals surface area (Å²) in [6.07, 6.45) is 0.418. The Morgan fingerprint density at radius 2 is 1.92 bits per heavy atom. The van der Waals surface area contributed by atoms with Crippen molar-refractivity contribution in [2.45, 2.75) is 12.5 Å². The van der Waals surface area contributed by atoms with Gasteiger partial charge in [-0.05, 0) is 24.6 Å². The van der Waals surface area contributed by atoms with Gasteiger partial charge in [-0.2, -0.15) is 0 Å². The number of hydrogen-bond donors (Lipinski definition) is 1. The minimum atomic E-state index is -0.691. The smallest absolute Gasteiger partial charge is 0.263 e. The molecule has 1 N–H and O–H groups in total. The van der Waals surface area contributed by atoms with Crippen LogP contribution in [0.1, 0.15) is 16.1 Å². The summed E-state index contributed by atoms with van der Waals surface area (Å²) in [5.74, 6) is -1.16. The molecule has 0 spiro atoms. The van der Waals surface area contributed by atoms with E-state index >= 15 is 0 Å². The van der Waals surface area contributed by atoms with Crippen molar-refractivity contribution in [2.75, 3.05) is 11.4 Å². The first-order chi connectivity index (χ1) is 12.6. The summed E-state index contributed by atoms with van der Waals surface area (Å²) in [6, 6.07) is 12.9. The molecule has 1 aliphatic rings. The summed E-state index contributed by atoms with van der Waals surface area (Å²) in [5.41, 5.74) is 0.231. The second kappa shape index (κ2) is 6.70. The maximum atomic E-state index is 13.9. The number of anilines is 1. The van der Waals surface area contributed by atoms with Crippen LogP contribution in [0.25, 0.3) is 10.1 Å². The Morgan fingerprint density at radius 1 is 1.19 bits per heavy atom. The number of benzene rings is 2. The van der Waals surface area contributed by atoms with Gasteiger partial charge in [0.2, 0.25) is 5.91 Å². The lowest BCUT2D eigenvalue weighted by atomic mass is 10.2. The summed E-state index contributed by atoms with van der Waals surface area (Å²) in [7, 11) is 0. The van der Waals surface area contributed by atoms with Crippen LogP contribution >= 0.6 is 22.9 Å². The molecule has 7 heteroatoms. The van der Waals surface area contributed by atoms with Crippen LogP contribution in [0.3, 0.4) is 0 Å². The SMILES string of the molecule is O=C(NC1CCN(c2ccccc2F)C1=O)c1sc2ccccc2c1Cl. The van der Waals surface area contributed by atoms with E-state index in [9.17, 15) is 14.0 Å². The van der Waals surface area contributed by atoms with E-state index in [1.54, 1.807) is 18.2 Å². The normalized spacial score (nSPS) is 17.1. The molecular formula is C19H14ClFN2O2S. The maximum absolute atomic E-state index is 13.9. The van der Waals surface area contributed by atoms with Crippen LogP contribution in [0.15, 0.2) is 48.5 Å². The van der Waals surface area contributed by atoms with Gasteiger partial charge in [0.1, 0.15) is 16.7 Å². The molecular weight excluding hydrogens is 375 g/mol.